The maximum absolute atomic E-state index is 12.1. The van der Waals surface area contributed by atoms with Gasteiger partial charge in [-0.3, -0.25) is 4.79 Å². The number of carbonyl (C=O) groups is 1. The molecule has 2 atom stereocenters. The van der Waals surface area contributed by atoms with Crippen molar-refractivity contribution >= 4 is 5.78 Å². The van der Waals surface area contributed by atoms with E-state index in [0.29, 0.717) is 44.1 Å². The highest BCUT2D eigenvalue weighted by molar-refractivity contribution is 5.81. The Kier molecular flexibility index (Phi) is 5.15. The molecule has 0 saturated carbocycles. The van der Waals surface area contributed by atoms with Gasteiger partial charge in [-0.25, -0.2) is 0 Å². The number of hydrogen-bond donors (Lipinski definition) is 0. The Balaban J connectivity index is 1.67. The van der Waals surface area contributed by atoms with Gasteiger partial charge in [0.1, 0.15) is 5.78 Å². The number of ketones is 1. The molecule has 4 heteroatoms. The Morgan fingerprint density at radius 1 is 1.17 bits per heavy atom. The summed E-state index contributed by atoms with van der Waals surface area (Å²) in [5.74, 6) is 0.683. The van der Waals surface area contributed by atoms with E-state index in [1.807, 2.05) is 0 Å². The number of fused-ring (bicyclic) bond motifs is 2. The second-order valence-corrected chi connectivity index (χ2v) is 5.54. The molecule has 0 radical (unpaired) electrons. The zero-order valence-electron chi connectivity index (χ0n) is 11.6. The highest BCUT2D eigenvalue weighted by atomic mass is 16.5. The van der Waals surface area contributed by atoms with Crippen molar-refractivity contribution in [2.45, 2.75) is 44.2 Å². The first-order valence-electron chi connectivity index (χ1n) is 7.03. The number of hydrogen-bond acceptors (Lipinski definition) is 4. The second kappa shape index (κ2) is 6.64. The summed E-state index contributed by atoms with van der Waals surface area (Å²) in [6.45, 7) is 1.73. The summed E-state index contributed by atoms with van der Waals surface area (Å²) < 4.78 is 10.3. The molecular weight excluding hydrogens is 230 g/mol. The van der Waals surface area contributed by atoms with Crippen LogP contribution in [0.25, 0.3) is 0 Å². The summed E-state index contributed by atoms with van der Waals surface area (Å²) >= 11 is 0. The fraction of sp³-hybridized carbons (Fsp3) is 0.929. The number of ether oxygens (including phenoxy) is 2. The second-order valence-electron chi connectivity index (χ2n) is 5.54. The van der Waals surface area contributed by atoms with E-state index in [2.05, 4.69) is 11.9 Å². The average molecular weight is 255 g/mol. The molecule has 0 aromatic heterocycles. The maximum Gasteiger partial charge on any atom is 0.138 e. The summed E-state index contributed by atoms with van der Waals surface area (Å²) in [5.41, 5.74) is 0. The van der Waals surface area contributed by atoms with Gasteiger partial charge in [0.2, 0.25) is 0 Å². The Hall–Kier alpha value is -0.450. The fourth-order valence-corrected chi connectivity index (χ4v) is 3.30. The summed E-state index contributed by atoms with van der Waals surface area (Å²) in [4.78, 5) is 14.6. The lowest BCUT2D eigenvalue weighted by molar-refractivity contribution is -0.126. The lowest BCUT2D eigenvalue weighted by atomic mass is 9.86. The smallest absolute Gasteiger partial charge is 0.138 e. The predicted molar refractivity (Wildman–Crippen MR) is 69.6 cm³/mol. The maximum atomic E-state index is 12.1. The van der Waals surface area contributed by atoms with Crippen molar-refractivity contribution in [3.8, 4) is 0 Å². The Labute approximate surface area is 110 Å². The van der Waals surface area contributed by atoms with E-state index in [1.165, 1.54) is 12.8 Å². The first-order chi connectivity index (χ1) is 8.72. The molecule has 2 aliphatic rings. The molecule has 0 aromatic rings. The highest BCUT2D eigenvalue weighted by Crippen LogP contribution is 2.37. The number of Topliss-reactive ketones (excluding diaryl/α,β-unsaturated/α-hetero) is 1. The van der Waals surface area contributed by atoms with Gasteiger partial charge in [0.05, 0.1) is 19.8 Å². The van der Waals surface area contributed by atoms with E-state index in [4.69, 9.17) is 9.47 Å². The summed E-state index contributed by atoms with van der Waals surface area (Å²) in [5, 5.41) is 0. The molecule has 18 heavy (non-hydrogen) atoms. The Bertz CT molecular complexity index is 268. The van der Waals surface area contributed by atoms with Gasteiger partial charge in [0.15, 0.2) is 0 Å². The van der Waals surface area contributed by atoms with Crippen molar-refractivity contribution in [3.05, 3.63) is 0 Å². The number of piperidine rings is 1. The normalized spacial score (nSPS) is 31.8. The van der Waals surface area contributed by atoms with Crippen molar-refractivity contribution < 1.29 is 14.3 Å². The van der Waals surface area contributed by atoms with Crippen molar-refractivity contribution in [1.82, 2.24) is 4.90 Å². The Morgan fingerprint density at radius 2 is 1.83 bits per heavy atom. The molecule has 0 aromatic carbocycles. The van der Waals surface area contributed by atoms with Gasteiger partial charge in [-0.2, -0.15) is 0 Å². The van der Waals surface area contributed by atoms with E-state index in [1.54, 1.807) is 7.11 Å². The van der Waals surface area contributed by atoms with Crippen LogP contribution in [0.15, 0.2) is 0 Å². The number of methoxy groups -OCH3 is 1. The topological polar surface area (TPSA) is 38.8 Å². The molecule has 0 aliphatic carbocycles. The van der Waals surface area contributed by atoms with Gasteiger partial charge in [0.25, 0.3) is 0 Å². The first-order valence-corrected chi connectivity index (χ1v) is 7.03. The molecule has 0 N–H and O–H groups in total. The van der Waals surface area contributed by atoms with Gasteiger partial charge < -0.3 is 14.4 Å². The molecule has 0 spiro atoms. The van der Waals surface area contributed by atoms with E-state index in [-0.39, 0.29) is 5.92 Å². The van der Waals surface area contributed by atoms with Crippen LogP contribution in [0.5, 0.6) is 0 Å². The molecular formula is C14H25NO3. The lowest BCUT2D eigenvalue weighted by Gasteiger charge is -2.35. The Morgan fingerprint density at radius 3 is 2.44 bits per heavy atom. The highest BCUT2D eigenvalue weighted by Gasteiger charge is 2.40. The van der Waals surface area contributed by atoms with Gasteiger partial charge in [-0.15, -0.1) is 0 Å². The van der Waals surface area contributed by atoms with Crippen LogP contribution >= 0.6 is 0 Å². The molecule has 2 saturated heterocycles. The van der Waals surface area contributed by atoms with Crippen LogP contribution < -0.4 is 0 Å². The minimum Gasteiger partial charge on any atom is -0.382 e. The van der Waals surface area contributed by atoms with Crippen molar-refractivity contribution in [2.75, 3.05) is 34.0 Å². The van der Waals surface area contributed by atoms with Gasteiger partial charge in [-0.05, 0) is 32.7 Å². The third kappa shape index (κ3) is 3.31. The molecule has 2 aliphatic heterocycles. The molecule has 2 bridgehead atoms. The van der Waals surface area contributed by atoms with E-state index in [0.717, 1.165) is 12.8 Å². The van der Waals surface area contributed by atoms with Gasteiger partial charge in [0, 0.05) is 31.5 Å². The zero-order chi connectivity index (χ0) is 13.0. The van der Waals surface area contributed by atoms with Crippen molar-refractivity contribution in [2.24, 2.45) is 5.92 Å². The summed E-state index contributed by atoms with van der Waals surface area (Å²) in [7, 11) is 3.86. The van der Waals surface area contributed by atoms with Crippen LogP contribution in [0.1, 0.15) is 32.1 Å². The third-order valence-electron chi connectivity index (χ3n) is 4.48. The molecule has 2 unspecified atom stereocenters. The fourth-order valence-electron chi connectivity index (χ4n) is 3.30. The van der Waals surface area contributed by atoms with Crippen LogP contribution in [0.4, 0.5) is 0 Å². The number of nitrogens with zero attached hydrogens (tertiary/aromatic N) is 1. The van der Waals surface area contributed by atoms with Crippen molar-refractivity contribution in [1.29, 1.82) is 0 Å². The molecule has 104 valence electrons. The number of carbonyl (C=O) groups excluding carboxylic acids is 1. The molecule has 2 fully saturated rings. The minimum absolute atomic E-state index is 0.282. The summed E-state index contributed by atoms with van der Waals surface area (Å²) in [6.07, 6.45) is 5.23. The van der Waals surface area contributed by atoms with Crippen LogP contribution in [0.3, 0.4) is 0 Å². The first kappa shape index (κ1) is 14.0. The summed E-state index contributed by atoms with van der Waals surface area (Å²) in [6, 6.07) is 1.29. The van der Waals surface area contributed by atoms with Gasteiger partial charge >= 0.3 is 0 Å². The van der Waals surface area contributed by atoms with E-state index >= 15 is 0 Å². The van der Waals surface area contributed by atoms with E-state index < -0.39 is 0 Å². The zero-order valence-corrected chi connectivity index (χ0v) is 11.6. The minimum atomic E-state index is 0.282. The largest absolute Gasteiger partial charge is 0.382 e. The van der Waals surface area contributed by atoms with Crippen LogP contribution in [0.2, 0.25) is 0 Å². The predicted octanol–water partition coefficient (Wildman–Crippen LogP) is 1.48. The van der Waals surface area contributed by atoms with Gasteiger partial charge in [-0.1, -0.05) is 0 Å². The standard InChI is InChI=1S/C14H25NO3/c1-15-12-3-4-13(15)10-11(9-12)14(16)5-6-18-8-7-17-2/h11-13H,3-10H2,1-2H3. The molecule has 2 heterocycles. The number of rotatable bonds is 7. The third-order valence-corrected chi connectivity index (χ3v) is 4.48. The van der Waals surface area contributed by atoms with Crippen LogP contribution in [0, 0.1) is 5.92 Å². The molecule has 2 rings (SSSR count). The molecule has 0 amide bonds. The van der Waals surface area contributed by atoms with Crippen LogP contribution in [-0.2, 0) is 14.3 Å². The van der Waals surface area contributed by atoms with Crippen molar-refractivity contribution in [3.63, 3.8) is 0 Å². The molecule has 4 nitrogen and oxygen atoms in total. The monoisotopic (exact) mass is 255 g/mol. The van der Waals surface area contributed by atoms with E-state index in [9.17, 15) is 4.79 Å². The average Bonchev–Trinajstić information content (AvgIpc) is 2.61. The lowest BCUT2D eigenvalue weighted by Crippen LogP contribution is -2.42. The van der Waals surface area contributed by atoms with Crippen LogP contribution in [-0.4, -0.2) is 56.7 Å². The SMILES string of the molecule is COCCOCCC(=O)C1CC2CCC(C1)N2C. The quantitative estimate of drug-likeness (QED) is 0.646.